The van der Waals surface area contributed by atoms with E-state index < -0.39 is 0 Å². The van der Waals surface area contributed by atoms with Crippen molar-refractivity contribution in [2.24, 2.45) is 5.92 Å². The maximum absolute atomic E-state index is 8.95. The van der Waals surface area contributed by atoms with Gasteiger partial charge in [0.2, 0.25) is 0 Å². The molecule has 0 amide bonds. The third-order valence-corrected chi connectivity index (χ3v) is 5.74. The van der Waals surface area contributed by atoms with Crippen molar-refractivity contribution in [1.82, 2.24) is 5.32 Å². The van der Waals surface area contributed by atoms with Gasteiger partial charge in [-0.1, -0.05) is 42.5 Å². The number of nitrogens with zero attached hydrogens (tertiary/aromatic N) is 1. The summed E-state index contributed by atoms with van der Waals surface area (Å²) in [4.78, 5) is 0. The predicted molar refractivity (Wildman–Crippen MR) is 92.6 cm³/mol. The molecule has 0 saturated carbocycles. The molecule has 23 heavy (non-hydrogen) atoms. The summed E-state index contributed by atoms with van der Waals surface area (Å²) in [5.41, 5.74) is 3.80. The molecule has 0 bridgehead atoms. The van der Waals surface area contributed by atoms with Crippen LogP contribution >= 0.6 is 11.8 Å². The van der Waals surface area contributed by atoms with Gasteiger partial charge >= 0.3 is 0 Å². The number of piperidine rings is 1. The van der Waals surface area contributed by atoms with Crippen LogP contribution in [0.25, 0.3) is 0 Å². The van der Waals surface area contributed by atoms with E-state index in [0.717, 1.165) is 19.4 Å². The summed E-state index contributed by atoms with van der Waals surface area (Å²) >= 11 is 1.35. The predicted octanol–water partition coefficient (Wildman–Crippen LogP) is 3.92. The minimum atomic E-state index is 0.156. The molecule has 0 aromatic heterocycles. The Morgan fingerprint density at radius 1 is 1.26 bits per heavy atom. The van der Waals surface area contributed by atoms with Crippen LogP contribution in [0.5, 0.6) is 0 Å². The maximum atomic E-state index is 8.95. The molecule has 0 spiro atoms. The van der Waals surface area contributed by atoms with E-state index >= 15 is 0 Å². The number of thiocyanates is 1. The molecule has 118 valence electrons. The van der Waals surface area contributed by atoms with E-state index in [1.165, 1.54) is 35.0 Å². The van der Waals surface area contributed by atoms with Gasteiger partial charge in [-0.25, -0.2) is 0 Å². The summed E-state index contributed by atoms with van der Waals surface area (Å²) in [6.45, 7) is 0.837. The van der Waals surface area contributed by atoms with Crippen LogP contribution in [0.2, 0.25) is 0 Å². The zero-order valence-corrected chi connectivity index (χ0v) is 13.8. The number of allylic oxidation sites excluding steroid dienone is 1. The maximum Gasteiger partial charge on any atom is 0.133 e. The second-order valence-corrected chi connectivity index (χ2v) is 7.38. The summed E-state index contributed by atoms with van der Waals surface area (Å²) in [7, 11) is 0. The number of thioether (sulfide) groups is 1. The molecule has 4 heteroatoms. The van der Waals surface area contributed by atoms with Gasteiger partial charge in [0, 0.05) is 29.0 Å². The van der Waals surface area contributed by atoms with Crippen molar-refractivity contribution in [2.75, 3.05) is 6.61 Å². The molecule has 1 unspecified atom stereocenters. The Labute approximate surface area is 141 Å². The summed E-state index contributed by atoms with van der Waals surface area (Å²) in [5.74, 6) is 0.459. The first-order chi connectivity index (χ1) is 11.4. The SMILES string of the molecule is N#CSC1C=C2C(=CC1)N[C@@H](c1ccccc1)[C@@H]1CCCO[C@H]21. The summed E-state index contributed by atoms with van der Waals surface area (Å²) < 4.78 is 6.19. The third kappa shape index (κ3) is 2.80. The van der Waals surface area contributed by atoms with Crippen molar-refractivity contribution in [3.63, 3.8) is 0 Å². The quantitative estimate of drug-likeness (QED) is 0.838. The van der Waals surface area contributed by atoms with Crippen LogP contribution in [-0.4, -0.2) is 18.0 Å². The van der Waals surface area contributed by atoms with E-state index in [4.69, 9.17) is 10.00 Å². The highest BCUT2D eigenvalue weighted by Crippen LogP contribution is 2.44. The second kappa shape index (κ2) is 6.43. The number of rotatable bonds is 2. The van der Waals surface area contributed by atoms with Crippen LogP contribution in [0.3, 0.4) is 0 Å². The molecule has 4 rings (SSSR count). The van der Waals surface area contributed by atoms with E-state index in [9.17, 15) is 0 Å². The molecule has 2 saturated heterocycles. The van der Waals surface area contributed by atoms with Gasteiger partial charge < -0.3 is 10.1 Å². The van der Waals surface area contributed by atoms with Crippen LogP contribution in [0.4, 0.5) is 0 Å². The third-order valence-electron chi connectivity index (χ3n) is 5.01. The number of fused-ring (bicyclic) bond motifs is 3. The smallest absolute Gasteiger partial charge is 0.133 e. The Morgan fingerprint density at radius 3 is 2.96 bits per heavy atom. The van der Waals surface area contributed by atoms with Gasteiger partial charge in [-0.15, -0.1) is 0 Å². The van der Waals surface area contributed by atoms with Crippen LogP contribution in [0, 0.1) is 16.6 Å². The molecular weight excluding hydrogens is 304 g/mol. The molecule has 1 aliphatic carbocycles. The minimum Gasteiger partial charge on any atom is -0.378 e. The molecule has 1 aromatic rings. The summed E-state index contributed by atoms with van der Waals surface area (Å²) in [6.07, 6.45) is 7.86. The number of nitrogens with one attached hydrogen (secondary N) is 1. The average Bonchev–Trinajstić information content (AvgIpc) is 2.62. The van der Waals surface area contributed by atoms with Gasteiger partial charge in [-0.2, -0.15) is 5.26 Å². The van der Waals surface area contributed by atoms with E-state index in [0.29, 0.717) is 12.0 Å². The first-order valence-electron chi connectivity index (χ1n) is 8.27. The van der Waals surface area contributed by atoms with Crippen LogP contribution in [0.1, 0.15) is 30.9 Å². The lowest BCUT2D eigenvalue weighted by molar-refractivity contribution is -0.0238. The molecule has 2 heterocycles. The lowest BCUT2D eigenvalue weighted by atomic mass is 9.75. The first-order valence-corrected chi connectivity index (χ1v) is 9.15. The number of ether oxygens (including phenoxy) is 1. The molecule has 3 nitrogen and oxygen atoms in total. The highest BCUT2D eigenvalue weighted by atomic mass is 32.2. The lowest BCUT2D eigenvalue weighted by Crippen LogP contribution is -2.47. The fraction of sp³-hybridized carbons (Fsp3) is 0.421. The fourth-order valence-electron chi connectivity index (χ4n) is 3.98. The van der Waals surface area contributed by atoms with Crippen molar-refractivity contribution in [2.45, 2.75) is 36.7 Å². The minimum absolute atomic E-state index is 0.156. The number of nitriles is 1. The Bertz CT molecular complexity index is 676. The van der Waals surface area contributed by atoms with E-state index in [1.807, 2.05) is 0 Å². The highest BCUT2D eigenvalue weighted by molar-refractivity contribution is 8.04. The van der Waals surface area contributed by atoms with E-state index in [2.05, 4.69) is 53.2 Å². The van der Waals surface area contributed by atoms with Crippen LogP contribution < -0.4 is 5.32 Å². The van der Waals surface area contributed by atoms with Gasteiger partial charge in [-0.05, 0) is 36.6 Å². The topological polar surface area (TPSA) is 45.0 Å². The largest absolute Gasteiger partial charge is 0.378 e. The van der Waals surface area contributed by atoms with E-state index in [1.54, 1.807) is 0 Å². The Hall–Kier alpha value is -1.70. The monoisotopic (exact) mass is 324 g/mol. The zero-order valence-electron chi connectivity index (χ0n) is 12.9. The Kier molecular flexibility index (Phi) is 4.15. The Morgan fingerprint density at radius 2 is 2.13 bits per heavy atom. The molecule has 3 aliphatic rings. The van der Waals surface area contributed by atoms with Gasteiger partial charge in [0.05, 0.1) is 12.1 Å². The summed E-state index contributed by atoms with van der Waals surface area (Å²) in [6, 6.07) is 11.0. The molecule has 0 radical (unpaired) electrons. The van der Waals surface area contributed by atoms with Crippen molar-refractivity contribution in [3.8, 4) is 5.40 Å². The molecular formula is C19H20N2OS. The van der Waals surface area contributed by atoms with Crippen molar-refractivity contribution in [3.05, 3.63) is 59.3 Å². The second-order valence-electron chi connectivity index (χ2n) is 6.35. The fourth-order valence-corrected chi connectivity index (χ4v) is 4.52. The van der Waals surface area contributed by atoms with Gasteiger partial charge in [0.15, 0.2) is 0 Å². The van der Waals surface area contributed by atoms with Crippen LogP contribution in [-0.2, 0) is 4.74 Å². The first kappa shape index (κ1) is 14.9. The summed E-state index contributed by atoms with van der Waals surface area (Å²) in [5, 5.41) is 15.2. The number of hydrogen-bond donors (Lipinski definition) is 1. The van der Waals surface area contributed by atoms with Crippen molar-refractivity contribution >= 4 is 11.8 Å². The van der Waals surface area contributed by atoms with E-state index in [-0.39, 0.29) is 11.4 Å². The van der Waals surface area contributed by atoms with Gasteiger partial charge in [0.1, 0.15) is 5.40 Å². The molecule has 1 N–H and O–H groups in total. The molecule has 4 atom stereocenters. The average molecular weight is 324 g/mol. The lowest BCUT2D eigenvalue weighted by Gasteiger charge is -2.46. The molecule has 1 aromatic carbocycles. The number of benzene rings is 1. The molecule has 2 aliphatic heterocycles. The van der Waals surface area contributed by atoms with Crippen LogP contribution in [0.15, 0.2) is 53.8 Å². The molecule has 2 fully saturated rings. The highest BCUT2D eigenvalue weighted by Gasteiger charge is 2.42. The standard InChI is InChI=1S/C19H20N2OS/c20-12-23-14-8-9-17-16(11-14)19-15(7-4-10-22-19)18(21-17)13-5-2-1-3-6-13/h1-3,5-6,9,11,14-15,18-19,21H,4,7-8,10H2/t14?,15-,18-,19-/m0/s1. The Balaban J connectivity index is 1.68. The zero-order chi connectivity index (χ0) is 15.6. The number of hydrogen-bond acceptors (Lipinski definition) is 4. The van der Waals surface area contributed by atoms with Gasteiger partial charge in [-0.3, -0.25) is 0 Å². The van der Waals surface area contributed by atoms with Gasteiger partial charge in [0.25, 0.3) is 0 Å². The van der Waals surface area contributed by atoms with Crippen molar-refractivity contribution < 1.29 is 4.74 Å². The van der Waals surface area contributed by atoms with Crippen molar-refractivity contribution in [1.29, 1.82) is 5.26 Å². The normalized spacial score (nSPS) is 32.5.